The molecule has 0 radical (unpaired) electrons. The van der Waals surface area contributed by atoms with Crippen LogP contribution in [0.3, 0.4) is 0 Å². The zero-order valence-electron chi connectivity index (χ0n) is 11.3. The first-order chi connectivity index (χ1) is 10.3. The molecular weight excluding hydrogens is 286 g/mol. The molecule has 0 spiro atoms. The summed E-state index contributed by atoms with van der Waals surface area (Å²) in [5.41, 5.74) is 1.61. The number of benzene rings is 2. The summed E-state index contributed by atoms with van der Waals surface area (Å²) in [4.78, 5) is 4.35. The van der Waals surface area contributed by atoms with E-state index in [4.69, 9.17) is 16.3 Å². The second kappa shape index (κ2) is 6.12. The number of aliphatic hydroxyl groups excluding tert-OH is 1. The average Bonchev–Trinajstić information content (AvgIpc) is 2.53. The third kappa shape index (κ3) is 3.15. The van der Waals surface area contributed by atoms with Crippen LogP contribution in [0.15, 0.2) is 54.6 Å². The number of hydrogen-bond acceptors (Lipinski definition) is 3. The molecule has 0 fully saturated rings. The smallest absolute Gasteiger partial charge is 0.222 e. The third-order valence-corrected chi connectivity index (χ3v) is 3.46. The van der Waals surface area contributed by atoms with Crippen LogP contribution >= 0.6 is 11.6 Å². The van der Waals surface area contributed by atoms with Crippen molar-refractivity contribution >= 4 is 22.4 Å². The molecule has 1 aromatic heterocycles. The standard InChI is InChI=1S/C17H14ClNO2/c18-14-7-5-12(6-8-14)11-21-17-16-4-2-1-3-13(16)9-15(10-20)19-17/h1-9,20H,10-11H2. The van der Waals surface area contributed by atoms with Gasteiger partial charge >= 0.3 is 0 Å². The minimum Gasteiger partial charge on any atom is -0.472 e. The molecule has 4 heteroatoms. The van der Waals surface area contributed by atoms with Crippen LogP contribution in [-0.4, -0.2) is 10.1 Å². The molecule has 0 aliphatic carbocycles. The van der Waals surface area contributed by atoms with E-state index in [1.165, 1.54) is 0 Å². The van der Waals surface area contributed by atoms with Gasteiger partial charge < -0.3 is 9.84 Å². The molecule has 0 amide bonds. The minimum absolute atomic E-state index is 0.109. The summed E-state index contributed by atoms with van der Waals surface area (Å²) >= 11 is 5.87. The van der Waals surface area contributed by atoms with Crippen LogP contribution in [0, 0.1) is 0 Å². The Hall–Kier alpha value is -2.10. The lowest BCUT2D eigenvalue weighted by atomic mass is 10.1. The highest BCUT2D eigenvalue weighted by Crippen LogP contribution is 2.25. The normalized spacial score (nSPS) is 10.8. The summed E-state index contributed by atoms with van der Waals surface area (Å²) in [5.74, 6) is 0.534. The fourth-order valence-electron chi connectivity index (χ4n) is 2.14. The van der Waals surface area contributed by atoms with Crippen molar-refractivity contribution in [3.05, 3.63) is 70.9 Å². The van der Waals surface area contributed by atoms with Gasteiger partial charge in [0.15, 0.2) is 0 Å². The largest absolute Gasteiger partial charge is 0.472 e. The number of hydrogen-bond donors (Lipinski definition) is 1. The quantitative estimate of drug-likeness (QED) is 0.793. The maximum atomic E-state index is 9.30. The van der Waals surface area contributed by atoms with Gasteiger partial charge in [-0.1, -0.05) is 41.9 Å². The van der Waals surface area contributed by atoms with Gasteiger partial charge in [0.25, 0.3) is 0 Å². The molecule has 0 saturated carbocycles. The maximum Gasteiger partial charge on any atom is 0.222 e. The number of nitrogens with zero attached hydrogens (tertiary/aromatic N) is 1. The zero-order valence-corrected chi connectivity index (χ0v) is 12.0. The van der Waals surface area contributed by atoms with E-state index in [1.807, 2.05) is 54.6 Å². The molecule has 3 rings (SSSR count). The number of rotatable bonds is 4. The van der Waals surface area contributed by atoms with Crippen LogP contribution in [0.2, 0.25) is 5.02 Å². The highest BCUT2D eigenvalue weighted by Gasteiger charge is 2.07. The summed E-state index contributed by atoms with van der Waals surface area (Å²) in [6.45, 7) is 0.297. The molecule has 0 bridgehead atoms. The summed E-state index contributed by atoms with van der Waals surface area (Å²) in [5, 5.41) is 11.9. The fraction of sp³-hybridized carbons (Fsp3) is 0.118. The van der Waals surface area contributed by atoms with Crippen LogP contribution in [-0.2, 0) is 13.2 Å². The lowest BCUT2D eigenvalue weighted by Gasteiger charge is -2.10. The molecule has 0 saturated heterocycles. The second-order valence-corrected chi connectivity index (χ2v) is 5.15. The van der Waals surface area contributed by atoms with Crippen molar-refractivity contribution in [2.24, 2.45) is 0 Å². The number of halogens is 1. The fourth-order valence-corrected chi connectivity index (χ4v) is 2.27. The van der Waals surface area contributed by atoms with E-state index < -0.39 is 0 Å². The van der Waals surface area contributed by atoms with Gasteiger partial charge in [0.2, 0.25) is 5.88 Å². The molecule has 1 heterocycles. The van der Waals surface area contributed by atoms with Crippen molar-refractivity contribution in [1.82, 2.24) is 4.98 Å². The molecule has 0 aliphatic heterocycles. The van der Waals surface area contributed by atoms with Crippen molar-refractivity contribution in [3.63, 3.8) is 0 Å². The molecular formula is C17H14ClNO2. The van der Waals surface area contributed by atoms with Gasteiger partial charge in [-0.25, -0.2) is 4.98 Å². The van der Waals surface area contributed by atoms with E-state index >= 15 is 0 Å². The molecule has 106 valence electrons. The second-order valence-electron chi connectivity index (χ2n) is 4.71. The van der Waals surface area contributed by atoms with E-state index in [0.29, 0.717) is 23.2 Å². The van der Waals surface area contributed by atoms with E-state index in [9.17, 15) is 5.11 Å². The Kier molecular flexibility index (Phi) is 4.04. The summed E-state index contributed by atoms with van der Waals surface area (Å²) in [7, 11) is 0. The third-order valence-electron chi connectivity index (χ3n) is 3.21. The molecule has 2 aromatic carbocycles. The van der Waals surface area contributed by atoms with Gasteiger partial charge in [-0.05, 0) is 35.2 Å². The van der Waals surface area contributed by atoms with E-state index in [0.717, 1.165) is 16.3 Å². The predicted octanol–water partition coefficient (Wildman–Crippen LogP) is 3.96. The zero-order chi connectivity index (χ0) is 14.7. The van der Waals surface area contributed by atoms with Crippen molar-refractivity contribution < 1.29 is 9.84 Å². The molecule has 21 heavy (non-hydrogen) atoms. The van der Waals surface area contributed by atoms with Gasteiger partial charge in [-0.15, -0.1) is 0 Å². The topological polar surface area (TPSA) is 42.4 Å². The predicted molar refractivity (Wildman–Crippen MR) is 83.4 cm³/mol. The Morgan fingerprint density at radius 1 is 1.05 bits per heavy atom. The highest BCUT2D eigenvalue weighted by atomic mass is 35.5. The minimum atomic E-state index is -0.109. The first kappa shape index (κ1) is 13.9. The van der Waals surface area contributed by atoms with Gasteiger partial charge in [-0.3, -0.25) is 0 Å². The molecule has 0 unspecified atom stereocenters. The lowest BCUT2D eigenvalue weighted by Crippen LogP contribution is -2.00. The first-order valence-corrected chi connectivity index (χ1v) is 7.01. The Morgan fingerprint density at radius 3 is 2.57 bits per heavy atom. The molecule has 3 nitrogen and oxygen atoms in total. The maximum absolute atomic E-state index is 9.30. The molecule has 3 aromatic rings. The molecule has 1 N–H and O–H groups in total. The first-order valence-electron chi connectivity index (χ1n) is 6.63. The summed E-state index contributed by atoms with van der Waals surface area (Å²) in [6.07, 6.45) is 0. The number of ether oxygens (including phenoxy) is 1. The monoisotopic (exact) mass is 299 g/mol. The highest BCUT2D eigenvalue weighted by molar-refractivity contribution is 6.30. The molecule has 0 aliphatic rings. The Morgan fingerprint density at radius 2 is 1.81 bits per heavy atom. The van der Waals surface area contributed by atoms with Crippen LogP contribution in [0.1, 0.15) is 11.3 Å². The van der Waals surface area contributed by atoms with Crippen LogP contribution < -0.4 is 4.74 Å². The summed E-state index contributed by atoms with van der Waals surface area (Å²) < 4.78 is 5.82. The van der Waals surface area contributed by atoms with Crippen LogP contribution in [0.4, 0.5) is 0 Å². The number of pyridine rings is 1. The Balaban J connectivity index is 1.90. The Bertz CT molecular complexity index is 756. The van der Waals surface area contributed by atoms with Crippen molar-refractivity contribution in [1.29, 1.82) is 0 Å². The van der Waals surface area contributed by atoms with E-state index in [1.54, 1.807) is 0 Å². The van der Waals surface area contributed by atoms with Gasteiger partial charge in [0.1, 0.15) is 6.61 Å². The molecule has 0 atom stereocenters. The van der Waals surface area contributed by atoms with Crippen molar-refractivity contribution in [2.75, 3.05) is 0 Å². The average molecular weight is 300 g/mol. The van der Waals surface area contributed by atoms with Crippen molar-refractivity contribution in [3.8, 4) is 5.88 Å². The van der Waals surface area contributed by atoms with Crippen LogP contribution in [0.25, 0.3) is 10.8 Å². The number of aromatic nitrogens is 1. The lowest BCUT2D eigenvalue weighted by molar-refractivity contribution is 0.267. The number of aliphatic hydroxyl groups is 1. The SMILES string of the molecule is OCc1cc2ccccc2c(OCc2ccc(Cl)cc2)n1. The van der Waals surface area contributed by atoms with E-state index in [2.05, 4.69) is 4.98 Å². The van der Waals surface area contributed by atoms with Gasteiger partial charge in [0, 0.05) is 10.4 Å². The number of fused-ring (bicyclic) bond motifs is 1. The van der Waals surface area contributed by atoms with Crippen molar-refractivity contribution in [2.45, 2.75) is 13.2 Å². The summed E-state index contributed by atoms with van der Waals surface area (Å²) in [6, 6.07) is 17.2. The van der Waals surface area contributed by atoms with E-state index in [-0.39, 0.29) is 6.61 Å². The van der Waals surface area contributed by atoms with Crippen LogP contribution in [0.5, 0.6) is 5.88 Å². The Labute approximate surface area is 127 Å². The van der Waals surface area contributed by atoms with Gasteiger partial charge in [0.05, 0.1) is 12.3 Å². The van der Waals surface area contributed by atoms with Gasteiger partial charge in [-0.2, -0.15) is 0 Å².